The normalized spacial score (nSPS) is 37.5. The van der Waals surface area contributed by atoms with Gasteiger partial charge in [0.25, 0.3) is 5.91 Å². The van der Waals surface area contributed by atoms with Crippen molar-refractivity contribution < 1.29 is 24.9 Å². The molecule has 4 N–H and O–H groups in total. The number of likely N-dealkylation sites (tertiary alicyclic amines) is 1. The first kappa shape index (κ1) is 19.2. The molecule has 4 atom stereocenters. The van der Waals surface area contributed by atoms with Gasteiger partial charge in [-0.25, -0.2) is 0 Å². The van der Waals surface area contributed by atoms with Gasteiger partial charge in [0.05, 0.1) is 16.6 Å². The summed E-state index contributed by atoms with van der Waals surface area (Å²) < 4.78 is 6.22. The van der Waals surface area contributed by atoms with E-state index in [9.17, 15) is 20.1 Å². The number of amides is 1. The lowest BCUT2D eigenvalue weighted by Crippen LogP contribution is -2.75. The van der Waals surface area contributed by atoms with Crippen LogP contribution in [0.5, 0.6) is 11.5 Å². The summed E-state index contributed by atoms with van der Waals surface area (Å²) in [7, 11) is 0. The maximum Gasteiger partial charge on any atom is 0.251 e. The van der Waals surface area contributed by atoms with Crippen molar-refractivity contribution in [3.05, 3.63) is 34.6 Å². The number of hydrogen-bond acceptors (Lipinski definition) is 6. The van der Waals surface area contributed by atoms with Crippen molar-refractivity contribution >= 4 is 5.91 Å². The molecule has 6 aliphatic rings. The molecule has 1 saturated heterocycles. The van der Waals surface area contributed by atoms with Gasteiger partial charge in [-0.05, 0) is 69.0 Å². The Morgan fingerprint density at radius 3 is 2.75 bits per heavy atom. The molecule has 0 unspecified atom stereocenters. The molecule has 32 heavy (non-hydrogen) atoms. The summed E-state index contributed by atoms with van der Waals surface area (Å²) in [6.45, 7) is 1.78. The number of nitrogens with one attached hydrogen (secondary N) is 1. The van der Waals surface area contributed by atoms with Crippen molar-refractivity contribution in [2.75, 3.05) is 13.1 Å². The Labute approximate surface area is 187 Å². The second kappa shape index (κ2) is 6.20. The van der Waals surface area contributed by atoms with Crippen molar-refractivity contribution in [2.24, 2.45) is 5.92 Å². The Balaban J connectivity index is 1.38. The average molecular weight is 439 g/mol. The summed E-state index contributed by atoms with van der Waals surface area (Å²) in [6, 6.07) is 3.58. The van der Waals surface area contributed by atoms with Crippen LogP contribution in [0.3, 0.4) is 0 Å². The standard InChI is InChI=1S/C25H30N2O5/c28-17-7-6-14-10-18-25(31)11-16(23(30)26-15-2-1-3-15)20(29)22-24(25,19(14)21(17)32-22)8-9-27(18)12-13-4-5-13/h6-7,13,15,18,22,28-29,31H,1-5,8-12H2,(H,26,30)/t18-,22+,24+,25-/m1/s1. The zero-order valence-electron chi connectivity index (χ0n) is 18.1. The predicted molar refractivity (Wildman–Crippen MR) is 116 cm³/mol. The minimum absolute atomic E-state index is 0.0296. The van der Waals surface area contributed by atoms with Crippen molar-refractivity contribution in [1.82, 2.24) is 10.2 Å². The van der Waals surface area contributed by atoms with Crippen LogP contribution in [0.2, 0.25) is 0 Å². The van der Waals surface area contributed by atoms with E-state index in [0.717, 1.165) is 43.5 Å². The molecule has 7 nitrogen and oxygen atoms in total. The molecule has 7 rings (SSSR count). The van der Waals surface area contributed by atoms with E-state index in [4.69, 9.17) is 4.74 Å². The van der Waals surface area contributed by atoms with Crippen LogP contribution in [-0.4, -0.2) is 63.0 Å². The highest BCUT2D eigenvalue weighted by Gasteiger charge is 2.73. The molecule has 7 heteroatoms. The molecule has 3 fully saturated rings. The number of rotatable bonds is 4. The van der Waals surface area contributed by atoms with Crippen LogP contribution in [0, 0.1) is 5.92 Å². The van der Waals surface area contributed by atoms with Gasteiger partial charge in [0.15, 0.2) is 17.6 Å². The second-order valence-electron chi connectivity index (χ2n) is 10.9. The first-order chi connectivity index (χ1) is 15.4. The number of piperidine rings is 1. The molecule has 2 bridgehead atoms. The van der Waals surface area contributed by atoms with Crippen molar-refractivity contribution in [3.8, 4) is 11.5 Å². The maximum absolute atomic E-state index is 13.2. The van der Waals surface area contributed by atoms with Crippen LogP contribution in [0.1, 0.15) is 56.1 Å². The van der Waals surface area contributed by atoms with Crippen molar-refractivity contribution in [2.45, 2.75) is 80.6 Å². The minimum atomic E-state index is -1.24. The number of phenolic OH excluding ortho intramolecular Hbond substituents is 1. The first-order valence-corrected chi connectivity index (χ1v) is 12.1. The SMILES string of the molecule is O=C(NC1CCC1)C1=C(O)[C@@H]2Oc3c(O)ccc4c3[C@@]23CCN(CC2CC2)[C@H](C4)[C@]3(O)C1. The zero-order valence-corrected chi connectivity index (χ0v) is 18.1. The molecular weight excluding hydrogens is 408 g/mol. The second-order valence-corrected chi connectivity index (χ2v) is 10.9. The van der Waals surface area contributed by atoms with E-state index in [1.165, 1.54) is 12.8 Å². The largest absolute Gasteiger partial charge is 0.508 e. The molecule has 170 valence electrons. The van der Waals surface area contributed by atoms with Gasteiger partial charge in [0.2, 0.25) is 0 Å². The quantitative estimate of drug-likeness (QED) is 0.574. The van der Waals surface area contributed by atoms with Crippen LogP contribution in [0.15, 0.2) is 23.5 Å². The lowest BCUT2D eigenvalue weighted by atomic mass is 9.49. The Morgan fingerprint density at radius 1 is 1.22 bits per heavy atom. The Morgan fingerprint density at radius 2 is 2.03 bits per heavy atom. The number of hydrogen-bond donors (Lipinski definition) is 4. The first-order valence-electron chi connectivity index (χ1n) is 12.1. The van der Waals surface area contributed by atoms with Crippen LogP contribution in [0.25, 0.3) is 0 Å². The van der Waals surface area contributed by atoms with E-state index >= 15 is 0 Å². The van der Waals surface area contributed by atoms with Gasteiger partial charge in [-0.15, -0.1) is 0 Å². The number of carbonyl (C=O) groups is 1. The molecule has 4 aliphatic carbocycles. The van der Waals surface area contributed by atoms with Crippen molar-refractivity contribution in [3.63, 3.8) is 0 Å². The number of phenols is 1. The van der Waals surface area contributed by atoms with E-state index in [0.29, 0.717) is 24.5 Å². The summed E-state index contributed by atoms with van der Waals surface area (Å²) in [5, 5.41) is 37.5. The lowest BCUT2D eigenvalue weighted by Gasteiger charge is -2.62. The van der Waals surface area contributed by atoms with Crippen molar-refractivity contribution in [1.29, 1.82) is 0 Å². The lowest BCUT2D eigenvalue weighted by molar-refractivity contribution is -0.172. The highest BCUT2D eigenvalue weighted by atomic mass is 16.5. The summed E-state index contributed by atoms with van der Waals surface area (Å²) in [4.78, 5) is 15.6. The summed E-state index contributed by atoms with van der Waals surface area (Å²) in [5.41, 5.74) is 0.0796. The van der Waals surface area contributed by atoms with Gasteiger partial charge in [0.1, 0.15) is 5.76 Å². The van der Waals surface area contributed by atoms with E-state index < -0.39 is 17.1 Å². The molecular formula is C25H30N2O5. The zero-order chi connectivity index (χ0) is 21.8. The Bertz CT molecular complexity index is 1060. The smallest absolute Gasteiger partial charge is 0.251 e. The molecule has 0 radical (unpaired) electrons. The number of aliphatic hydroxyl groups is 2. The number of ether oxygens (including phenoxy) is 1. The van der Waals surface area contributed by atoms with E-state index in [2.05, 4.69) is 10.2 Å². The van der Waals surface area contributed by atoms with Gasteiger partial charge >= 0.3 is 0 Å². The number of nitrogens with zero attached hydrogens (tertiary/aromatic N) is 1. The van der Waals surface area contributed by atoms with Gasteiger partial charge in [-0.1, -0.05) is 6.07 Å². The number of benzene rings is 1. The third-order valence-electron chi connectivity index (χ3n) is 9.23. The fraction of sp³-hybridized carbons (Fsp3) is 0.640. The maximum atomic E-state index is 13.2. The molecule has 1 amide bonds. The highest BCUT2D eigenvalue weighted by molar-refractivity contribution is 5.95. The fourth-order valence-electron chi connectivity index (χ4n) is 7.19. The molecule has 2 aliphatic heterocycles. The summed E-state index contributed by atoms with van der Waals surface area (Å²) in [6.07, 6.45) is 6.03. The van der Waals surface area contributed by atoms with E-state index in [1.54, 1.807) is 6.07 Å². The third kappa shape index (κ3) is 2.26. The molecule has 1 spiro atoms. The molecule has 0 aromatic heterocycles. The number of aromatic hydroxyl groups is 1. The third-order valence-corrected chi connectivity index (χ3v) is 9.23. The molecule has 2 saturated carbocycles. The monoisotopic (exact) mass is 438 g/mol. The van der Waals surface area contributed by atoms with E-state index in [-0.39, 0.29) is 41.5 Å². The Kier molecular flexibility index (Phi) is 3.73. The Hall–Kier alpha value is -2.25. The average Bonchev–Trinajstić information content (AvgIpc) is 3.47. The van der Waals surface area contributed by atoms with Gasteiger partial charge in [-0.2, -0.15) is 0 Å². The molecule has 1 aromatic rings. The number of aliphatic hydroxyl groups excluding tert-OH is 1. The number of carbonyl (C=O) groups excluding carboxylic acids is 1. The van der Waals surface area contributed by atoms with E-state index in [1.807, 2.05) is 6.07 Å². The minimum Gasteiger partial charge on any atom is -0.508 e. The molecule has 1 aromatic carbocycles. The molecule has 2 heterocycles. The summed E-state index contributed by atoms with van der Waals surface area (Å²) >= 11 is 0. The van der Waals surface area contributed by atoms with Crippen LogP contribution < -0.4 is 10.1 Å². The predicted octanol–water partition coefficient (Wildman–Crippen LogP) is 2.05. The fourth-order valence-corrected chi connectivity index (χ4v) is 7.19. The van der Waals surface area contributed by atoms with Gasteiger partial charge in [-0.3, -0.25) is 9.69 Å². The van der Waals surface area contributed by atoms with Gasteiger partial charge in [0, 0.05) is 30.6 Å². The van der Waals surface area contributed by atoms with Crippen LogP contribution >= 0.6 is 0 Å². The topological polar surface area (TPSA) is 102 Å². The summed E-state index contributed by atoms with van der Waals surface area (Å²) in [5.74, 6) is 0.712. The van der Waals surface area contributed by atoms with Crippen LogP contribution in [-0.2, 0) is 16.6 Å². The highest BCUT2D eigenvalue weighted by Crippen LogP contribution is 2.66. The van der Waals surface area contributed by atoms with Gasteiger partial charge < -0.3 is 25.4 Å². The van der Waals surface area contributed by atoms with Crippen LogP contribution in [0.4, 0.5) is 0 Å².